The first kappa shape index (κ1) is 22.2. The number of aromatic amines is 1. The van der Waals surface area contributed by atoms with Gasteiger partial charge in [-0.25, -0.2) is 14.2 Å². The van der Waals surface area contributed by atoms with E-state index in [2.05, 4.69) is 15.3 Å². The minimum atomic E-state index is -0.833. The van der Waals surface area contributed by atoms with Crippen molar-refractivity contribution < 1.29 is 23.8 Å². The number of imide groups is 1. The summed E-state index contributed by atoms with van der Waals surface area (Å²) in [6.45, 7) is 1.75. The van der Waals surface area contributed by atoms with Crippen LogP contribution in [0.2, 0.25) is 0 Å². The third-order valence-electron chi connectivity index (χ3n) is 5.14. The Morgan fingerprint density at radius 3 is 2.69 bits per heavy atom. The van der Waals surface area contributed by atoms with E-state index >= 15 is 0 Å². The molecule has 8 nitrogen and oxygen atoms in total. The number of aromatic nitrogens is 2. The van der Waals surface area contributed by atoms with Crippen molar-refractivity contribution in [1.82, 2.24) is 20.2 Å². The number of carbonyl (C=O) groups is 2. The molecule has 166 valence electrons. The summed E-state index contributed by atoms with van der Waals surface area (Å²) in [5.74, 6) is 0.122. The largest absolute Gasteiger partial charge is 0.491 e. The number of halogens is 2. The lowest BCUT2D eigenvalue weighted by Crippen LogP contribution is -2.34. The molecule has 4 rings (SSSR count). The number of hydrogen-bond donors (Lipinski definition) is 3. The number of carbonyl (C=O) groups excluding carboxylic acids is 2. The van der Waals surface area contributed by atoms with E-state index in [1.807, 2.05) is 22.6 Å². The lowest BCUT2D eigenvalue weighted by molar-refractivity contribution is -0.129. The van der Waals surface area contributed by atoms with E-state index in [0.717, 1.165) is 8.47 Å². The normalized spacial score (nSPS) is 16.9. The van der Waals surface area contributed by atoms with Gasteiger partial charge >= 0.3 is 6.03 Å². The molecule has 0 radical (unpaired) electrons. The fourth-order valence-corrected chi connectivity index (χ4v) is 3.98. The van der Waals surface area contributed by atoms with Gasteiger partial charge < -0.3 is 20.1 Å². The van der Waals surface area contributed by atoms with E-state index in [-0.39, 0.29) is 19.0 Å². The second-order valence-corrected chi connectivity index (χ2v) is 8.46. The summed E-state index contributed by atoms with van der Waals surface area (Å²) < 4.78 is 20.4. The van der Waals surface area contributed by atoms with Crippen LogP contribution in [0.25, 0.3) is 11.3 Å². The van der Waals surface area contributed by atoms with Crippen LogP contribution in [0.5, 0.6) is 5.75 Å². The Morgan fingerprint density at radius 2 is 2.00 bits per heavy atom. The zero-order valence-electron chi connectivity index (χ0n) is 17.0. The summed E-state index contributed by atoms with van der Waals surface area (Å²) in [6, 6.07) is 9.52. The molecule has 2 aromatic carbocycles. The summed E-state index contributed by atoms with van der Waals surface area (Å²) in [7, 11) is 0. The number of hydrogen-bond acceptors (Lipinski definition) is 5. The van der Waals surface area contributed by atoms with Crippen molar-refractivity contribution in [2.45, 2.75) is 19.0 Å². The third-order valence-corrected chi connectivity index (χ3v) is 5.82. The topological polar surface area (TPSA) is 108 Å². The minimum Gasteiger partial charge on any atom is -0.491 e. The standard InChI is InChI=1S/C22H20FIN4O4/c1-12(20-25-11-18(26-20)16-7-4-14(24)10-17(16)23)28-21(30)19(27-22(28)31)13-2-5-15(6-3-13)32-9-8-29/h2-7,10-12,19,29H,8-9H2,1H3,(H,25,26)(H,27,31)/t12-,19?/m1/s1. The number of aliphatic hydroxyl groups excluding tert-OH is 1. The number of nitrogens with one attached hydrogen (secondary N) is 2. The molecule has 1 aliphatic heterocycles. The number of imidazole rings is 1. The monoisotopic (exact) mass is 550 g/mol. The summed E-state index contributed by atoms with van der Waals surface area (Å²) in [5, 5.41) is 11.5. The molecule has 1 aromatic heterocycles. The van der Waals surface area contributed by atoms with Crippen LogP contribution < -0.4 is 10.1 Å². The minimum absolute atomic E-state index is 0.101. The third kappa shape index (κ3) is 4.32. The Hall–Kier alpha value is -2.99. The highest BCUT2D eigenvalue weighted by molar-refractivity contribution is 14.1. The van der Waals surface area contributed by atoms with Gasteiger partial charge in [0.1, 0.15) is 30.0 Å². The number of ether oxygens (including phenoxy) is 1. The molecule has 1 saturated heterocycles. The van der Waals surface area contributed by atoms with Crippen molar-refractivity contribution in [2.24, 2.45) is 0 Å². The molecule has 2 heterocycles. The second kappa shape index (κ2) is 9.25. The zero-order chi connectivity index (χ0) is 22.8. The van der Waals surface area contributed by atoms with Crippen LogP contribution in [0.15, 0.2) is 48.7 Å². The lowest BCUT2D eigenvalue weighted by Gasteiger charge is -2.19. The number of nitrogens with zero attached hydrogens (tertiary/aromatic N) is 2. The molecule has 1 aliphatic rings. The van der Waals surface area contributed by atoms with Gasteiger partial charge in [0, 0.05) is 9.13 Å². The van der Waals surface area contributed by atoms with E-state index in [1.165, 1.54) is 12.3 Å². The molecule has 32 heavy (non-hydrogen) atoms. The number of urea groups is 1. The highest BCUT2D eigenvalue weighted by atomic mass is 127. The summed E-state index contributed by atoms with van der Waals surface area (Å²) in [4.78, 5) is 34.0. The maximum atomic E-state index is 14.3. The smallest absolute Gasteiger partial charge is 0.325 e. The van der Waals surface area contributed by atoms with E-state index in [9.17, 15) is 14.0 Å². The average Bonchev–Trinajstić information content (AvgIpc) is 3.37. The molecule has 0 aliphatic carbocycles. The maximum Gasteiger partial charge on any atom is 0.325 e. The van der Waals surface area contributed by atoms with Crippen LogP contribution in [-0.2, 0) is 4.79 Å². The zero-order valence-corrected chi connectivity index (χ0v) is 19.2. The Kier molecular flexibility index (Phi) is 6.42. The predicted octanol–water partition coefficient (Wildman–Crippen LogP) is 3.55. The number of H-pyrrole nitrogens is 1. The van der Waals surface area contributed by atoms with Gasteiger partial charge in [0.15, 0.2) is 0 Å². The molecular weight excluding hydrogens is 530 g/mol. The first-order valence-electron chi connectivity index (χ1n) is 9.86. The van der Waals surface area contributed by atoms with Crippen molar-refractivity contribution in [3.63, 3.8) is 0 Å². The fourth-order valence-electron chi connectivity index (χ4n) is 3.52. The average molecular weight is 550 g/mol. The summed E-state index contributed by atoms with van der Waals surface area (Å²) in [6.07, 6.45) is 1.48. The van der Waals surface area contributed by atoms with Gasteiger partial charge in [0.2, 0.25) is 0 Å². The maximum absolute atomic E-state index is 14.3. The van der Waals surface area contributed by atoms with Crippen molar-refractivity contribution in [2.75, 3.05) is 13.2 Å². The van der Waals surface area contributed by atoms with Crippen molar-refractivity contribution in [3.05, 3.63) is 69.4 Å². The number of aliphatic hydroxyl groups is 1. The number of amides is 3. The molecule has 1 fully saturated rings. The van der Waals surface area contributed by atoms with Gasteiger partial charge in [-0.05, 0) is 65.4 Å². The van der Waals surface area contributed by atoms with E-state index in [1.54, 1.807) is 43.3 Å². The van der Waals surface area contributed by atoms with Gasteiger partial charge in [-0.15, -0.1) is 0 Å². The van der Waals surface area contributed by atoms with Gasteiger partial charge in [0.05, 0.1) is 24.5 Å². The molecule has 3 N–H and O–H groups in total. The van der Waals surface area contributed by atoms with Crippen LogP contribution in [-0.4, -0.2) is 45.1 Å². The number of benzene rings is 2. The van der Waals surface area contributed by atoms with Crippen LogP contribution in [0.3, 0.4) is 0 Å². The van der Waals surface area contributed by atoms with Gasteiger partial charge in [0.25, 0.3) is 5.91 Å². The first-order chi connectivity index (χ1) is 15.4. The van der Waals surface area contributed by atoms with Crippen molar-refractivity contribution in [3.8, 4) is 17.0 Å². The molecule has 10 heteroatoms. The lowest BCUT2D eigenvalue weighted by atomic mass is 10.1. The molecule has 2 atom stereocenters. The Labute approximate surface area is 196 Å². The van der Waals surface area contributed by atoms with Gasteiger partial charge in [-0.2, -0.15) is 0 Å². The Bertz CT molecular complexity index is 1150. The molecule has 0 spiro atoms. The van der Waals surface area contributed by atoms with Crippen LogP contribution >= 0.6 is 22.6 Å². The molecule has 1 unspecified atom stereocenters. The highest BCUT2D eigenvalue weighted by Gasteiger charge is 2.42. The van der Waals surface area contributed by atoms with Crippen LogP contribution in [0.4, 0.5) is 9.18 Å². The molecule has 3 aromatic rings. The number of rotatable bonds is 7. The van der Waals surface area contributed by atoms with Crippen molar-refractivity contribution >= 4 is 34.5 Å². The van der Waals surface area contributed by atoms with E-state index in [4.69, 9.17) is 9.84 Å². The SMILES string of the molecule is C[C@H](c1ncc(-c2ccc(I)cc2F)[nH]1)N1C(=O)NC(c2ccc(OCCO)cc2)C1=O. The predicted molar refractivity (Wildman–Crippen MR) is 122 cm³/mol. The second-order valence-electron chi connectivity index (χ2n) is 7.21. The van der Waals surface area contributed by atoms with Gasteiger partial charge in [-0.3, -0.25) is 9.69 Å². The molecule has 3 amide bonds. The highest BCUT2D eigenvalue weighted by Crippen LogP contribution is 2.31. The Morgan fingerprint density at radius 1 is 1.25 bits per heavy atom. The van der Waals surface area contributed by atoms with E-state index < -0.39 is 24.0 Å². The van der Waals surface area contributed by atoms with Gasteiger partial charge in [-0.1, -0.05) is 12.1 Å². The molecule has 0 saturated carbocycles. The molecular formula is C22H20FIN4O4. The summed E-state index contributed by atoms with van der Waals surface area (Å²) in [5.41, 5.74) is 1.42. The first-order valence-corrected chi connectivity index (χ1v) is 10.9. The fraction of sp³-hybridized carbons (Fsp3) is 0.227. The van der Waals surface area contributed by atoms with E-state index in [0.29, 0.717) is 28.4 Å². The Balaban J connectivity index is 1.52. The van der Waals surface area contributed by atoms with Crippen LogP contribution in [0.1, 0.15) is 30.4 Å². The van der Waals surface area contributed by atoms with Crippen molar-refractivity contribution in [1.29, 1.82) is 0 Å². The van der Waals surface area contributed by atoms with Crippen LogP contribution in [0, 0.1) is 9.39 Å². The quantitative estimate of drug-likeness (QED) is 0.308. The molecule has 0 bridgehead atoms. The summed E-state index contributed by atoms with van der Waals surface area (Å²) >= 11 is 2.03.